The lowest BCUT2D eigenvalue weighted by Crippen LogP contribution is -2.52. The maximum Gasteiger partial charge on any atom is 0.506 e. The minimum atomic E-state index is -1.50. The van der Waals surface area contributed by atoms with E-state index in [1.165, 1.54) is 11.3 Å². The first-order valence-corrected chi connectivity index (χ1v) is 9.67. The van der Waals surface area contributed by atoms with Crippen LogP contribution in [0.3, 0.4) is 0 Å². The van der Waals surface area contributed by atoms with Crippen molar-refractivity contribution in [1.29, 1.82) is 5.39 Å². The van der Waals surface area contributed by atoms with Crippen molar-refractivity contribution in [3.05, 3.63) is 38.8 Å². The molecule has 2 heterocycles. The van der Waals surface area contributed by atoms with Crippen LogP contribution in [0.5, 0.6) is 0 Å². The summed E-state index contributed by atoms with van der Waals surface area (Å²) in [5.74, 6) is -2.66. The molecular weight excluding hydrogens is 370 g/mol. The number of ether oxygens (including phenoxy) is 1. The SMILES string of the molecule is CCOC(=O)/C([N+]#N)=C(\O)C1(CC)CCCN(C(=O)Cc2ccsc2)C1=O. The van der Waals surface area contributed by atoms with Crippen molar-refractivity contribution < 1.29 is 24.2 Å². The zero-order chi connectivity index (χ0) is 20.0. The van der Waals surface area contributed by atoms with Crippen molar-refractivity contribution >= 4 is 29.1 Å². The van der Waals surface area contributed by atoms with E-state index < -0.39 is 28.7 Å². The van der Waals surface area contributed by atoms with Crippen LogP contribution in [-0.2, 0) is 25.5 Å². The van der Waals surface area contributed by atoms with Crippen LogP contribution in [0.25, 0.3) is 4.98 Å². The van der Waals surface area contributed by atoms with Gasteiger partial charge in [-0.05, 0) is 48.6 Å². The molecule has 27 heavy (non-hydrogen) atoms. The number of likely N-dealkylation sites (tertiary alicyclic amines) is 1. The van der Waals surface area contributed by atoms with Crippen LogP contribution >= 0.6 is 11.3 Å². The molecule has 0 saturated carbocycles. The van der Waals surface area contributed by atoms with Crippen LogP contribution in [0, 0.1) is 10.8 Å². The molecule has 9 heteroatoms. The van der Waals surface area contributed by atoms with E-state index in [0.29, 0.717) is 6.42 Å². The van der Waals surface area contributed by atoms with Gasteiger partial charge < -0.3 is 9.84 Å². The summed E-state index contributed by atoms with van der Waals surface area (Å²) >= 11 is 1.46. The second-order valence-electron chi connectivity index (χ2n) is 6.22. The first-order valence-electron chi connectivity index (χ1n) is 8.73. The standard InChI is InChI=1S/C18H21N3O5S/c1-3-18(15(23)14(20-19)16(24)26-4-2)7-5-8-21(17(18)25)13(22)10-12-6-9-27-11-12/h6,9,11H,3-5,7-8,10H2,1-2H3/p+1. The lowest BCUT2D eigenvalue weighted by molar-refractivity contribution is -0.155. The highest BCUT2D eigenvalue weighted by atomic mass is 32.1. The zero-order valence-corrected chi connectivity index (χ0v) is 16.1. The second kappa shape index (κ2) is 8.77. The monoisotopic (exact) mass is 392 g/mol. The number of imide groups is 1. The Labute approximate surface area is 161 Å². The van der Waals surface area contributed by atoms with Crippen LogP contribution < -0.4 is 0 Å². The normalized spacial score (nSPS) is 20.6. The highest BCUT2D eigenvalue weighted by molar-refractivity contribution is 7.08. The highest BCUT2D eigenvalue weighted by Crippen LogP contribution is 2.42. The van der Waals surface area contributed by atoms with Crippen LogP contribution in [0.15, 0.2) is 28.3 Å². The number of amides is 2. The molecule has 1 aromatic heterocycles. The van der Waals surface area contributed by atoms with Gasteiger partial charge in [0.25, 0.3) is 0 Å². The number of esters is 1. The fraction of sp³-hybridized carbons (Fsp3) is 0.500. The van der Waals surface area contributed by atoms with E-state index in [2.05, 4.69) is 4.98 Å². The molecule has 0 aromatic carbocycles. The van der Waals surface area contributed by atoms with Gasteiger partial charge in [0.2, 0.25) is 23.0 Å². The molecular formula is C18H22N3O5S+. The third-order valence-electron chi connectivity index (χ3n) is 4.73. The van der Waals surface area contributed by atoms with Gasteiger partial charge in [0.1, 0.15) is 5.41 Å². The zero-order valence-electron chi connectivity index (χ0n) is 15.3. The number of carbonyl (C=O) groups excluding carboxylic acids is 3. The van der Waals surface area contributed by atoms with Crippen molar-refractivity contribution in [2.24, 2.45) is 5.41 Å². The number of nitrogens with zero attached hydrogens (tertiary/aromatic N) is 3. The minimum absolute atomic E-state index is 0.0173. The van der Waals surface area contributed by atoms with Crippen LogP contribution in [0.4, 0.5) is 0 Å². The van der Waals surface area contributed by atoms with Gasteiger partial charge >= 0.3 is 11.7 Å². The molecule has 2 rings (SSSR count). The van der Waals surface area contributed by atoms with Crippen molar-refractivity contribution in [2.75, 3.05) is 13.2 Å². The number of piperidine rings is 1. The third kappa shape index (κ3) is 4.01. The predicted molar refractivity (Wildman–Crippen MR) is 98.1 cm³/mol. The Morgan fingerprint density at radius 1 is 1.44 bits per heavy atom. The summed E-state index contributed by atoms with van der Waals surface area (Å²) < 4.78 is 4.77. The molecule has 1 N–H and O–H groups in total. The molecule has 0 bridgehead atoms. The lowest BCUT2D eigenvalue weighted by atomic mass is 9.74. The fourth-order valence-corrected chi connectivity index (χ4v) is 3.90. The van der Waals surface area contributed by atoms with Gasteiger partial charge in [0, 0.05) is 6.54 Å². The number of aliphatic hydroxyl groups excluding tert-OH is 1. The van der Waals surface area contributed by atoms with E-state index in [1.54, 1.807) is 13.8 Å². The molecule has 2 amide bonds. The summed E-state index contributed by atoms with van der Waals surface area (Å²) in [5, 5.41) is 23.5. The van der Waals surface area contributed by atoms with Crippen LogP contribution in [0.2, 0.25) is 0 Å². The topological polar surface area (TPSA) is 112 Å². The smallest absolute Gasteiger partial charge is 0.504 e. The number of aliphatic hydroxyl groups is 1. The number of carbonyl (C=O) groups is 3. The van der Waals surface area contributed by atoms with E-state index in [-0.39, 0.29) is 38.3 Å². The van der Waals surface area contributed by atoms with E-state index in [9.17, 15) is 24.9 Å². The average molecular weight is 392 g/mol. The number of thiophene rings is 1. The predicted octanol–water partition coefficient (Wildman–Crippen LogP) is 3.02. The van der Waals surface area contributed by atoms with Crippen LogP contribution in [-0.4, -0.2) is 40.9 Å². The summed E-state index contributed by atoms with van der Waals surface area (Å²) in [6, 6.07) is 1.81. The average Bonchev–Trinajstić information content (AvgIpc) is 3.15. The minimum Gasteiger partial charge on any atom is -0.504 e. The summed E-state index contributed by atoms with van der Waals surface area (Å²) in [4.78, 5) is 41.7. The molecule has 0 radical (unpaired) electrons. The number of hydrogen-bond donors (Lipinski definition) is 1. The Hall–Kier alpha value is -2.73. The van der Waals surface area contributed by atoms with E-state index >= 15 is 0 Å². The number of diazo groups is 1. The number of hydrogen-bond acceptors (Lipinski definition) is 7. The van der Waals surface area contributed by atoms with Crippen LogP contribution in [0.1, 0.15) is 38.7 Å². The molecule has 1 atom stereocenters. The highest BCUT2D eigenvalue weighted by Gasteiger charge is 2.53. The van der Waals surface area contributed by atoms with Gasteiger partial charge in [0.15, 0.2) is 4.98 Å². The molecule has 1 unspecified atom stereocenters. The van der Waals surface area contributed by atoms with Crippen molar-refractivity contribution in [3.63, 3.8) is 0 Å². The maximum atomic E-state index is 13.1. The molecule has 1 aromatic rings. The van der Waals surface area contributed by atoms with Gasteiger partial charge in [-0.1, -0.05) is 6.92 Å². The number of rotatable bonds is 6. The second-order valence-corrected chi connectivity index (χ2v) is 7.00. The quantitative estimate of drug-likeness (QED) is 0.345. The maximum absolute atomic E-state index is 13.1. The Kier molecular flexibility index (Phi) is 6.69. The first-order chi connectivity index (χ1) is 12.9. The summed E-state index contributed by atoms with van der Waals surface area (Å²) in [6.45, 7) is 3.49. The molecule has 1 aliphatic heterocycles. The van der Waals surface area contributed by atoms with Crippen molar-refractivity contribution in [3.8, 4) is 0 Å². The van der Waals surface area contributed by atoms with Crippen molar-refractivity contribution in [2.45, 2.75) is 39.5 Å². The van der Waals surface area contributed by atoms with Gasteiger partial charge in [0.05, 0.1) is 13.0 Å². The van der Waals surface area contributed by atoms with Gasteiger partial charge in [-0.2, -0.15) is 11.3 Å². The summed E-state index contributed by atoms with van der Waals surface area (Å²) in [6.07, 6.45) is 0.905. The first kappa shape index (κ1) is 20.6. The van der Waals surface area contributed by atoms with E-state index in [0.717, 1.165) is 10.5 Å². The molecule has 0 aliphatic carbocycles. The molecule has 1 fully saturated rings. The fourth-order valence-electron chi connectivity index (χ4n) is 3.23. The van der Waals surface area contributed by atoms with Gasteiger partial charge in [-0.25, -0.2) is 4.79 Å². The van der Waals surface area contributed by atoms with Gasteiger partial charge in [-0.3, -0.25) is 14.5 Å². The summed E-state index contributed by atoms with van der Waals surface area (Å²) in [7, 11) is 0. The Morgan fingerprint density at radius 2 is 2.19 bits per heavy atom. The lowest BCUT2D eigenvalue weighted by Gasteiger charge is -2.38. The third-order valence-corrected chi connectivity index (χ3v) is 5.46. The molecule has 8 nitrogen and oxygen atoms in total. The Morgan fingerprint density at radius 3 is 2.74 bits per heavy atom. The molecule has 0 spiro atoms. The molecule has 1 saturated heterocycles. The molecule has 1 aliphatic rings. The van der Waals surface area contributed by atoms with Crippen molar-refractivity contribution in [1.82, 2.24) is 4.90 Å². The van der Waals surface area contributed by atoms with E-state index in [1.807, 2.05) is 16.8 Å². The Balaban J connectivity index is 2.37. The Bertz CT molecular complexity index is 796. The van der Waals surface area contributed by atoms with Gasteiger partial charge in [-0.15, -0.1) is 0 Å². The van der Waals surface area contributed by atoms with E-state index in [4.69, 9.17) is 4.74 Å². The largest absolute Gasteiger partial charge is 0.506 e. The summed E-state index contributed by atoms with van der Waals surface area (Å²) in [5.41, 5.74) is -1.40. The molecule has 144 valence electrons.